The highest BCUT2D eigenvalue weighted by atomic mass is 19.1. The van der Waals surface area contributed by atoms with Crippen molar-refractivity contribution in [1.82, 2.24) is 5.32 Å². The van der Waals surface area contributed by atoms with E-state index in [0.717, 1.165) is 12.1 Å². The van der Waals surface area contributed by atoms with Crippen molar-refractivity contribution in [3.8, 4) is 23.0 Å². The lowest BCUT2D eigenvalue weighted by Gasteiger charge is -2.14. The molecular formula is C18H19F2NO5. The van der Waals surface area contributed by atoms with Crippen molar-refractivity contribution in [2.24, 2.45) is 0 Å². The number of hydrogen-bond donors (Lipinski definition) is 1. The average Bonchev–Trinajstić information content (AvgIpc) is 2.64. The number of halogens is 2. The molecule has 140 valence electrons. The molecule has 8 heteroatoms. The van der Waals surface area contributed by atoms with Gasteiger partial charge < -0.3 is 24.3 Å². The Balaban J connectivity index is 1.97. The third kappa shape index (κ3) is 4.53. The lowest BCUT2D eigenvalue weighted by molar-refractivity contribution is 0.0946. The largest absolute Gasteiger partial charge is 0.493 e. The van der Waals surface area contributed by atoms with Gasteiger partial charge in [-0.05, 0) is 24.3 Å². The SMILES string of the molecule is COc1cc(C(=O)NCCOc2ccc(F)cc2F)cc(OC)c1OC. The quantitative estimate of drug-likeness (QED) is 0.727. The van der Waals surface area contributed by atoms with Crippen LogP contribution in [0.3, 0.4) is 0 Å². The second-order valence-electron chi connectivity index (χ2n) is 5.09. The number of amides is 1. The van der Waals surface area contributed by atoms with Crippen LogP contribution in [0.1, 0.15) is 10.4 Å². The maximum absolute atomic E-state index is 13.4. The Morgan fingerprint density at radius 3 is 2.15 bits per heavy atom. The number of hydrogen-bond acceptors (Lipinski definition) is 5. The van der Waals surface area contributed by atoms with Gasteiger partial charge >= 0.3 is 0 Å². The zero-order valence-electron chi connectivity index (χ0n) is 14.6. The minimum absolute atomic E-state index is 0.0126. The molecule has 0 aliphatic carbocycles. The molecule has 0 spiro atoms. The summed E-state index contributed by atoms with van der Waals surface area (Å²) in [7, 11) is 4.36. The molecular weight excluding hydrogens is 348 g/mol. The van der Waals surface area contributed by atoms with Gasteiger partial charge in [0.05, 0.1) is 27.9 Å². The summed E-state index contributed by atoms with van der Waals surface area (Å²) in [6, 6.07) is 6.02. The summed E-state index contributed by atoms with van der Waals surface area (Å²) >= 11 is 0. The summed E-state index contributed by atoms with van der Waals surface area (Å²) in [6.07, 6.45) is 0. The molecule has 0 aliphatic rings. The maximum Gasteiger partial charge on any atom is 0.251 e. The Labute approximate surface area is 149 Å². The van der Waals surface area contributed by atoms with Crippen LogP contribution in [-0.4, -0.2) is 40.4 Å². The molecule has 6 nitrogen and oxygen atoms in total. The highest BCUT2D eigenvalue weighted by molar-refractivity contribution is 5.95. The van der Waals surface area contributed by atoms with E-state index in [-0.39, 0.29) is 18.9 Å². The van der Waals surface area contributed by atoms with Crippen molar-refractivity contribution in [3.05, 3.63) is 47.5 Å². The van der Waals surface area contributed by atoms with Gasteiger partial charge in [-0.3, -0.25) is 4.79 Å². The average molecular weight is 367 g/mol. The number of methoxy groups -OCH3 is 3. The van der Waals surface area contributed by atoms with Gasteiger partial charge in [0.1, 0.15) is 12.4 Å². The Bertz CT molecular complexity index is 757. The van der Waals surface area contributed by atoms with E-state index in [1.807, 2.05) is 0 Å². The van der Waals surface area contributed by atoms with E-state index in [1.165, 1.54) is 39.5 Å². The molecule has 2 aromatic carbocycles. The standard InChI is InChI=1S/C18H19F2NO5/c1-23-15-8-11(9-16(24-2)17(15)25-3)18(22)21-6-7-26-14-5-4-12(19)10-13(14)20/h4-5,8-10H,6-7H2,1-3H3,(H,21,22). The van der Waals surface area contributed by atoms with Crippen LogP contribution in [0.15, 0.2) is 30.3 Å². The van der Waals surface area contributed by atoms with Crippen molar-refractivity contribution >= 4 is 5.91 Å². The molecule has 0 atom stereocenters. The lowest BCUT2D eigenvalue weighted by Crippen LogP contribution is -2.28. The number of nitrogens with one attached hydrogen (secondary N) is 1. The lowest BCUT2D eigenvalue weighted by atomic mass is 10.1. The number of benzene rings is 2. The van der Waals surface area contributed by atoms with Gasteiger partial charge in [0.25, 0.3) is 5.91 Å². The van der Waals surface area contributed by atoms with Crippen molar-refractivity contribution in [2.75, 3.05) is 34.5 Å². The van der Waals surface area contributed by atoms with Gasteiger partial charge in [-0.1, -0.05) is 0 Å². The molecule has 0 heterocycles. The van der Waals surface area contributed by atoms with Crippen LogP contribution in [0.5, 0.6) is 23.0 Å². The summed E-state index contributed by atoms with van der Waals surface area (Å²) in [5.41, 5.74) is 0.299. The summed E-state index contributed by atoms with van der Waals surface area (Å²) < 4.78 is 47.0. The summed E-state index contributed by atoms with van der Waals surface area (Å²) in [5, 5.41) is 2.63. The molecule has 0 radical (unpaired) electrons. The van der Waals surface area contributed by atoms with Crippen LogP contribution in [0.4, 0.5) is 8.78 Å². The van der Waals surface area contributed by atoms with E-state index in [4.69, 9.17) is 18.9 Å². The molecule has 2 aromatic rings. The van der Waals surface area contributed by atoms with Crippen LogP contribution in [0.25, 0.3) is 0 Å². The van der Waals surface area contributed by atoms with Gasteiger partial charge in [-0.2, -0.15) is 0 Å². The fourth-order valence-corrected chi connectivity index (χ4v) is 2.23. The van der Waals surface area contributed by atoms with Gasteiger partial charge in [0, 0.05) is 11.6 Å². The summed E-state index contributed by atoms with van der Waals surface area (Å²) in [5.74, 6) is -0.905. The molecule has 0 saturated carbocycles. The highest BCUT2D eigenvalue weighted by Gasteiger charge is 2.16. The number of carbonyl (C=O) groups excluding carboxylic acids is 1. The molecule has 0 saturated heterocycles. The van der Waals surface area contributed by atoms with Crippen LogP contribution >= 0.6 is 0 Å². The van der Waals surface area contributed by atoms with Crippen molar-refractivity contribution < 1.29 is 32.5 Å². The minimum atomic E-state index is -0.805. The van der Waals surface area contributed by atoms with Crippen LogP contribution in [0.2, 0.25) is 0 Å². The maximum atomic E-state index is 13.4. The first kappa shape index (κ1) is 19.3. The van der Waals surface area contributed by atoms with E-state index in [9.17, 15) is 13.6 Å². The predicted octanol–water partition coefficient (Wildman–Crippen LogP) is 2.80. The fraction of sp³-hybridized carbons (Fsp3) is 0.278. The molecule has 26 heavy (non-hydrogen) atoms. The third-order valence-electron chi connectivity index (χ3n) is 3.47. The first-order valence-corrected chi connectivity index (χ1v) is 7.66. The molecule has 0 unspecified atom stereocenters. The third-order valence-corrected chi connectivity index (χ3v) is 3.47. The van der Waals surface area contributed by atoms with E-state index in [2.05, 4.69) is 5.32 Å². The van der Waals surface area contributed by atoms with Gasteiger partial charge in [-0.25, -0.2) is 8.78 Å². The molecule has 0 aromatic heterocycles. The van der Waals surface area contributed by atoms with Crippen molar-refractivity contribution in [2.45, 2.75) is 0 Å². The Hall–Kier alpha value is -3.03. The van der Waals surface area contributed by atoms with E-state index < -0.39 is 17.5 Å². The number of rotatable bonds is 8. The molecule has 0 fully saturated rings. The van der Waals surface area contributed by atoms with E-state index in [0.29, 0.717) is 22.8 Å². The summed E-state index contributed by atoms with van der Waals surface area (Å²) in [6.45, 7) is 0.130. The Morgan fingerprint density at radius 1 is 0.962 bits per heavy atom. The number of carbonyl (C=O) groups is 1. The van der Waals surface area contributed by atoms with Crippen LogP contribution in [-0.2, 0) is 0 Å². The predicted molar refractivity (Wildman–Crippen MR) is 90.3 cm³/mol. The van der Waals surface area contributed by atoms with Crippen molar-refractivity contribution in [3.63, 3.8) is 0 Å². The molecule has 0 bridgehead atoms. The van der Waals surface area contributed by atoms with Gasteiger partial charge in [0.15, 0.2) is 23.1 Å². The van der Waals surface area contributed by atoms with Gasteiger partial charge in [-0.15, -0.1) is 0 Å². The van der Waals surface area contributed by atoms with E-state index in [1.54, 1.807) is 0 Å². The first-order chi connectivity index (χ1) is 12.5. The van der Waals surface area contributed by atoms with Crippen LogP contribution < -0.4 is 24.3 Å². The minimum Gasteiger partial charge on any atom is -0.493 e. The second kappa shape index (κ2) is 8.89. The Morgan fingerprint density at radius 2 is 1.62 bits per heavy atom. The second-order valence-corrected chi connectivity index (χ2v) is 5.09. The molecule has 0 aliphatic heterocycles. The smallest absolute Gasteiger partial charge is 0.251 e. The van der Waals surface area contributed by atoms with Crippen LogP contribution in [0, 0.1) is 11.6 Å². The molecule has 1 N–H and O–H groups in total. The normalized spacial score (nSPS) is 10.2. The highest BCUT2D eigenvalue weighted by Crippen LogP contribution is 2.38. The summed E-state index contributed by atoms with van der Waals surface area (Å²) in [4.78, 5) is 12.3. The zero-order chi connectivity index (χ0) is 19.1. The Kier molecular flexibility index (Phi) is 6.60. The molecule has 2 rings (SSSR count). The van der Waals surface area contributed by atoms with Crippen molar-refractivity contribution in [1.29, 1.82) is 0 Å². The molecule has 1 amide bonds. The topological polar surface area (TPSA) is 66.0 Å². The van der Waals surface area contributed by atoms with Gasteiger partial charge in [0.2, 0.25) is 5.75 Å². The van der Waals surface area contributed by atoms with E-state index >= 15 is 0 Å². The first-order valence-electron chi connectivity index (χ1n) is 7.66. The zero-order valence-corrected chi connectivity index (χ0v) is 14.6. The fourth-order valence-electron chi connectivity index (χ4n) is 2.23. The monoisotopic (exact) mass is 367 g/mol. The number of ether oxygens (including phenoxy) is 4.